The minimum absolute atomic E-state index is 0.0569. The van der Waals surface area contributed by atoms with Crippen molar-refractivity contribution in [2.75, 3.05) is 59.9 Å². The molecule has 162 valence electrons. The van der Waals surface area contributed by atoms with Crippen LogP contribution in [0.5, 0.6) is 5.75 Å². The number of nitrogens with one attached hydrogen (secondary N) is 1. The molecule has 8 heteroatoms. The molecule has 0 bridgehead atoms. The van der Waals surface area contributed by atoms with Gasteiger partial charge in [0, 0.05) is 46.1 Å². The van der Waals surface area contributed by atoms with Crippen molar-refractivity contribution in [1.82, 2.24) is 9.80 Å². The Balaban J connectivity index is 2.37. The van der Waals surface area contributed by atoms with Crippen LogP contribution in [0.3, 0.4) is 0 Å². The molecule has 2 rings (SSSR count). The molecule has 2 amide bonds. The van der Waals surface area contributed by atoms with Crippen LogP contribution in [0, 0.1) is 5.92 Å². The Hall–Kier alpha value is -2.16. The van der Waals surface area contributed by atoms with E-state index in [2.05, 4.69) is 31.1 Å². The average Bonchev–Trinajstić information content (AvgIpc) is 2.69. The first-order valence-corrected chi connectivity index (χ1v) is 9.80. The summed E-state index contributed by atoms with van der Waals surface area (Å²) in [5.41, 5.74) is 0.922. The Labute approximate surface area is 173 Å². The summed E-state index contributed by atoms with van der Waals surface area (Å²) < 4.78 is 16.5. The number of anilines is 1. The molecule has 0 aromatic heterocycles. The molecule has 3 atom stereocenters. The van der Waals surface area contributed by atoms with Crippen molar-refractivity contribution < 1.29 is 23.8 Å². The molecule has 0 saturated carbocycles. The lowest BCUT2D eigenvalue weighted by molar-refractivity contribution is -0.119. The largest absolute Gasteiger partial charge is 0.491 e. The number of amides is 2. The minimum Gasteiger partial charge on any atom is -0.491 e. The monoisotopic (exact) mass is 407 g/mol. The number of ether oxygens (including phenoxy) is 3. The van der Waals surface area contributed by atoms with E-state index >= 15 is 0 Å². The van der Waals surface area contributed by atoms with Gasteiger partial charge in [-0.15, -0.1) is 0 Å². The molecular formula is C21H33N3O5. The highest BCUT2D eigenvalue weighted by Crippen LogP contribution is 2.26. The van der Waals surface area contributed by atoms with E-state index in [-0.39, 0.29) is 36.5 Å². The second-order valence-corrected chi connectivity index (χ2v) is 7.73. The van der Waals surface area contributed by atoms with E-state index in [1.54, 1.807) is 37.3 Å². The van der Waals surface area contributed by atoms with Gasteiger partial charge >= 0.3 is 0 Å². The van der Waals surface area contributed by atoms with Crippen molar-refractivity contribution >= 4 is 17.5 Å². The van der Waals surface area contributed by atoms with Crippen molar-refractivity contribution in [3.8, 4) is 5.75 Å². The van der Waals surface area contributed by atoms with Crippen LogP contribution in [-0.2, 0) is 14.3 Å². The van der Waals surface area contributed by atoms with Gasteiger partial charge in [0.15, 0.2) is 0 Å². The Morgan fingerprint density at radius 3 is 2.62 bits per heavy atom. The van der Waals surface area contributed by atoms with Crippen molar-refractivity contribution in [3.05, 3.63) is 23.8 Å². The molecule has 8 nitrogen and oxygen atoms in total. The first kappa shape index (κ1) is 23.1. The lowest BCUT2D eigenvalue weighted by atomic mass is 10.0. The number of benzene rings is 1. The third-order valence-electron chi connectivity index (χ3n) is 5.32. The van der Waals surface area contributed by atoms with Gasteiger partial charge in [0.1, 0.15) is 19.0 Å². The fraction of sp³-hybridized carbons (Fsp3) is 0.619. The maximum atomic E-state index is 13.2. The summed E-state index contributed by atoms with van der Waals surface area (Å²) in [4.78, 5) is 28.9. The quantitative estimate of drug-likeness (QED) is 0.819. The predicted molar refractivity (Wildman–Crippen MR) is 111 cm³/mol. The summed E-state index contributed by atoms with van der Waals surface area (Å²) in [7, 11) is 6.94. The van der Waals surface area contributed by atoms with E-state index in [1.807, 2.05) is 0 Å². The normalized spacial score (nSPS) is 24.1. The van der Waals surface area contributed by atoms with Gasteiger partial charge in [0.25, 0.3) is 5.91 Å². The third-order valence-corrected chi connectivity index (χ3v) is 5.32. The highest BCUT2D eigenvalue weighted by molar-refractivity contribution is 5.99. The highest BCUT2D eigenvalue weighted by Gasteiger charge is 2.27. The molecule has 0 saturated heterocycles. The molecule has 1 aromatic carbocycles. The number of nitrogens with zero attached hydrogens (tertiary/aromatic N) is 2. The Bertz CT molecular complexity index is 712. The number of rotatable bonds is 4. The summed E-state index contributed by atoms with van der Waals surface area (Å²) in [5, 5.41) is 2.73. The molecule has 1 heterocycles. The Kier molecular flexibility index (Phi) is 8.43. The minimum atomic E-state index is -0.286. The van der Waals surface area contributed by atoms with E-state index in [1.165, 1.54) is 7.11 Å². The van der Waals surface area contributed by atoms with Crippen LogP contribution in [0.15, 0.2) is 18.2 Å². The standard InChI is InChI=1S/C21H33N3O5/c1-14-10-23(3)15(2)12-29-18-8-7-16(22-20(25)13-27-5)9-17(18)21(26)24(4)11-19(14)28-6/h7-9,14-15,19H,10-13H2,1-6H3,(H,22,25)/t14-,15-,19-/m0/s1. The third kappa shape index (κ3) is 6.16. The van der Waals surface area contributed by atoms with Gasteiger partial charge in [-0.2, -0.15) is 0 Å². The van der Waals surface area contributed by atoms with Crippen LogP contribution >= 0.6 is 0 Å². The van der Waals surface area contributed by atoms with Gasteiger partial charge in [-0.25, -0.2) is 0 Å². The summed E-state index contributed by atoms with van der Waals surface area (Å²) in [6.45, 7) is 5.90. The second kappa shape index (κ2) is 10.6. The number of fused-ring (bicyclic) bond motifs is 1. The smallest absolute Gasteiger partial charge is 0.257 e. The van der Waals surface area contributed by atoms with Crippen molar-refractivity contribution in [2.45, 2.75) is 26.0 Å². The maximum Gasteiger partial charge on any atom is 0.257 e. The van der Waals surface area contributed by atoms with E-state index in [0.29, 0.717) is 30.2 Å². The number of likely N-dealkylation sites (N-methyl/N-ethyl adjacent to an activating group) is 2. The number of hydrogen-bond donors (Lipinski definition) is 1. The molecule has 1 N–H and O–H groups in total. The Morgan fingerprint density at radius 2 is 1.97 bits per heavy atom. The van der Waals surface area contributed by atoms with Crippen molar-refractivity contribution in [2.24, 2.45) is 5.92 Å². The number of carbonyl (C=O) groups is 2. The molecule has 1 aliphatic rings. The molecular weight excluding hydrogens is 374 g/mol. The molecule has 0 aliphatic carbocycles. The first-order chi connectivity index (χ1) is 13.8. The lowest BCUT2D eigenvalue weighted by Crippen LogP contribution is -2.45. The van der Waals surface area contributed by atoms with Gasteiger partial charge in [-0.05, 0) is 38.1 Å². The molecule has 0 fully saturated rings. The van der Waals surface area contributed by atoms with E-state index < -0.39 is 0 Å². The van der Waals surface area contributed by atoms with Crippen LogP contribution in [0.4, 0.5) is 5.69 Å². The second-order valence-electron chi connectivity index (χ2n) is 7.73. The topological polar surface area (TPSA) is 80.3 Å². The maximum absolute atomic E-state index is 13.2. The summed E-state index contributed by atoms with van der Waals surface area (Å²) in [6, 6.07) is 5.25. The molecule has 1 aromatic rings. The van der Waals surface area contributed by atoms with Crippen LogP contribution in [0.25, 0.3) is 0 Å². The number of methoxy groups -OCH3 is 2. The van der Waals surface area contributed by atoms with Gasteiger partial charge in [-0.1, -0.05) is 6.92 Å². The zero-order valence-corrected chi connectivity index (χ0v) is 18.2. The molecule has 29 heavy (non-hydrogen) atoms. The number of hydrogen-bond acceptors (Lipinski definition) is 6. The van der Waals surface area contributed by atoms with Crippen LogP contribution < -0.4 is 10.1 Å². The fourth-order valence-electron chi connectivity index (χ4n) is 3.36. The van der Waals surface area contributed by atoms with E-state index in [0.717, 1.165) is 6.54 Å². The van der Waals surface area contributed by atoms with Crippen LogP contribution in [0.2, 0.25) is 0 Å². The first-order valence-electron chi connectivity index (χ1n) is 9.80. The summed E-state index contributed by atoms with van der Waals surface area (Å²) >= 11 is 0. The van der Waals surface area contributed by atoms with Gasteiger partial charge in [0.2, 0.25) is 5.91 Å². The van der Waals surface area contributed by atoms with Gasteiger partial charge in [0.05, 0.1) is 11.7 Å². The molecule has 0 unspecified atom stereocenters. The van der Waals surface area contributed by atoms with E-state index in [9.17, 15) is 9.59 Å². The highest BCUT2D eigenvalue weighted by atomic mass is 16.5. The van der Waals surface area contributed by atoms with Crippen molar-refractivity contribution in [3.63, 3.8) is 0 Å². The lowest BCUT2D eigenvalue weighted by Gasteiger charge is -2.34. The zero-order valence-electron chi connectivity index (χ0n) is 18.2. The molecule has 0 radical (unpaired) electrons. The molecule has 0 spiro atoms. The zero-order chi connectivity index (χ0) is 21.6. The number of carbonyl (C=O) groups excluding carboxylic acids is 2. The van der Waals surface area contributed by atoms with Gasteiger partial charge in [-0.3, -0.25) is 14.5 Å². The SMILES string of the molecule is COCC(=O)Nc1ccc2c(c1)C(=O)N(C)C[C@H](OC)[C@@H](C)CN(C)[C@@H](C)CO2. The van der Waals surface area contributed by atoms with Crippen molar-refractivity contribution in [1.29, 1.82) is 0 Å². The van der Waals surface area contributed by atoms with Crippen LogP contribution in [-0.4, -0.2) is 88.4 Å². The summed E-state index contributed by atoms with van der Waals surface area (Å²) in [5.74, 6) is 0.264. The molecule has 1 aliphatic heterocycles. The fourth-order valence-corrected chi connectivity index (χ4v) is 3.36. The Morgan fingerprint density at radius 1 is 1.24 bits per heavy atom. The van der Waals surface area contributed by atoms with Crippen LogP contribution in [0.1, 0.15) is 24.2 Å². The van der Waals surface area contributed by atoms with Gasteiger partial charge < -0.3 is 24.4 Å². The average molecular weight is 408 g/mol. The van der Waals surface area contributed by atoms with E-state index in [4.69, 9.17) is 14.2 Å². The predicted octanol–water partition coefficient (Wildman–Crippen LogP) is 1.71. The summed E-state index contributed by atoms with van der Waals surface area (Å²) in [6.07, 6.45) is -0.0908.